The SMILES string of the molecule is CC[NH+](CC)CC(=O)Nc1ccccc1C(=O)Nc1ccccc1.[Cl-]. The van der Waals surface area contributed by atoms with Gasteiger partial charge in [-0.15, -0.1) is 0 Å². The smallest absolute Gasteiger partial charge is 0.279 e. The zero-order valence-electron chi connectivity index (χ0n) is 14.5. The molecule has 0 aliphatic rings. The lowest BCUT2D eigenvalue weighted by Crippen LogP contribution is -3.12. The van der Waals surface area contributed by atoms with Crippen LogP contribution >= 0.6 is 0 Å². The fourth-order valence-electron chi connectivity index (χ4n) is 2.43. The van der Waals surface area contributed by atoms with E-state index in [0.717, 1.165) is 18.8 Å². The molecule has 0 saturated carbocycles. The van der Waals surface area contributed by atoms with E-state index in [1.807, 2.05) is 44.2 Å². The van der Waals surface area contributed by atoms with Crippen molar-refractivity contribution < 1.29 is 26.9 Å². The molecule has 6 heteroatoms. The molecule has 0 spiro atoms. The molecule has 0 heterocycles. The van der Waals surface area contributed by atoms with Gasteiger partial charge in [0, 0.05) is 5.69 Å². The van der Waals surface area contributed by atoms with Crippen molar-refractivity contribution in [3.05, 3.63) is 60.2 Å². The number of carbonyl (C=O) groups excluding carboxylic acids is 2. The third-order valence-corrected chi connectivity index (χ3v) is 3.89. The number of carbonyl (C=O) groups is 2. The van der Waals surface area contributed by atoms with Gasteiger partial charge in [0.05, 0.1) is 24.3 Å². The van der Waals surface area contributed by atoms with Crippen LogP contribution in [0.3, 0.4) is 0 Å². The molecule has 0 bridgehead atoms. The Morgan fingerprint density at radius 3 is 2.12 bits per heavy atom. The molecule has 0 atom stereocenters. The van der Waals surface area contributed by atoms with Crippen LogP contribution in [0.5, 0.6) is 0 Å². The molecule has 5 nitrogen and oxygen atoms in total. The summed E-state index contributed by atoms with van der Waals surface area (Å²) < 4.78 is 0. The Morgan fingerprint density at radius 2 is 1.48 bits per heavy atom. The van der Waals surface area contributed by atoms with E-state index in [1.54, 1.807) is 24.3 Å². The van der Waals surface area contributed by atoms with Crippen molar-refractivity contribution in [2.45, 2.75) is 13.8 Å². The van der Waals surface area contributed by atoms with E-state index < -0.39 is 0 Å². The number of hydrogen-bond donors (Lipinski definition) is 3. The van der Waals surface area contributed by atoms with E-state index in [-0.39, 0.29) is 24.2 Å². The highest BCUT2D eigenvalue weighted by Crippen LogP contribution is 2.17. The van der Waals surface area contributed by atoms with Gasteiger partial charge in [-0.05, 0) is 38.1 Å². The molecule has 0 fully saturated rings. The lowest BCUT2D eigenvalue weighted by molar-refractivity contribution is -0.888. The monoisotopic (exact) mass is 361 g/mol. The molecule has 2 amide bonds. The lowest BCUT2D eigenvalue weighted by Gasteiger charge is -2.16. The first kappa shape index (κ1) is 20.7. The minimum atomic E-state index is -0.243. The number of quaternary nitrogens is 1. The maximum atomic E-state index is 12.5. The maximum absolute atomic E-state index is 12.5. The molecule has 0 unspecified atom stereocenters. The minimum absolute atomic E-state index is 0. The second kappa shape index (κ2) is 10.5. The fraction of sp³-hybridized carbons (Fsp3) is 0.263. The van der Waals surface area contributed by atoms with Gasteiger partial charge in [0.2, 0.25) is 0 Å². The summed E-state index contributed by atoms with van der Waals surface area (Å²) in [6.07, 6.45) is 0. The van der Waals surface area contributed by atoms with E-state index >= 15 is 0 Å². The van der Waals surface area contributed by atoms with Gasteiger partial charge in [0.25, 0.3) is 11.8 Å². The second-order valence-corrected chi connectivity index (χ2v) is 5.55. The number of rotatable bonds is 7. The van der Waals surface area contributed by atoms with Crippen molar-refractivity contribution in [1.29, 1.82) is 0 Å². The predicted molar refractivity (Wildman–Crippen MR) is 96.4 cm³/mol. The highest BCUT2D eigenvalue weighted by Gasteiger charge is 2.15. The van der Waals surface area contributed by atoms with Crippen molar-refractivity contribution in [2.24, 2.45) is 0 Å². The van der Waals surface area contributed by atoms with Crippen molar-refractivity contribution in [3.8, 4) is 0 Å². The molecule has 2 rings (SSSR count). The first-order valence-corrected chi connectivity index (χ1v) is 8.22. The molecular formula is C19H24ClN3O2. The number of nitrogens with one attached hydrogen (secondary N) is 3. The summed E-state index contributed by atoms with van der Waals surface area (Å²) in [6, 6.07) is 16.3. The van der Waals surface area contributed by atoms with Gasteiger partial charge in [-0.2, -0.15) is 0 Å². The molecule has 3 N–H and O–H groups in total. The third kappa shape index (κ3) is 6.21. The van der Waals surface area contributed by atoms with Crippen molar-refractivity contribution >= 4 is 23.2 Å². The molecule has 0 saturated heterocycles. The molecule has 0 aromatic heterocycles. The molecule has 2 aromatic carbocycles. The number of anilines is 2. The molecule has 0 radical (unpaired) electrons. The van der Waals surface area contributed by atoms with Gasteiger partial charge in [0.1, 0.15) is 0 Å². The van der Waals surface area contributed by atoms with Gasteiger partial charge < -0.3 is 27.9 Å². The largest absolute Gasteiger partial charge is 1.00 e. The zero-order chi connectivity index (χ0) is 17.4. The Kier molecular flexibility index (Phi) is 8.67. The topological polar surface area (TPSA) is 62.6 Å². The quantitative estimate of drug-likeness (QED) is 0.580. The number of para-hydroxylation sites is 2. The number of benzene rings is 2. The van der Waals surface area contributed by atoms with E-state index in [2.05, 4.69) is 10.6 Å². The first-order valence-electron chi connectivity index (χ1n) is 8.22. The Hall–Kier alpha value is -2.37. The highest BCUT2D eigenvalue weighted by molar-refractivity contribution is 6.10. The zero-order valence-corrected chi connectivity index (χ0v) is 15.3. The van der Waals surface area contributed by atoms with Crippen LogP contribution < -0.4 is 27.9 Å². The summed E-state index contributed by atoms with van der Waals surface area (Å²) in [5.74, 6) is -0.332. The molecule has 134 valence electrons. The van der Waals surface area contributed by atoms with Gasteiger partial charge in [-0.3, -0.25) is 9.59 Å². The number of halogens is 1. The van der Waals surface area contributed by atoms with Crippen LogP contribution in [-0.2, 0) is 4.79 Å². The summed E-state index contributed by atoms with van der Waals surface area (Å²) in [5.41, 5.74) is 1.70. The van der Waals surface area contributed by atoms with Crippen LogP contribution in [0.1, 0.15) is 24.2 Å². The van der Waals surface area contributed by atoms with E-state index in [9.17, 15) is 9.59 Å². The van der Waals surface area contributed by atoms with E-state index in [4.69, 9.17) is 0 Å². The van der Waals surface area contributed by atoms with Gasteiger partial charge in [-0.25, -0.2) is 0 Å². The van der Waals surface area contributed by atoms with Gasteiger partial charge in [0.15, 0.2) is 6.54 Å². The fourth-order valence-corrected chi connectivity index (χ4v) is 2.43. The molecule has 0 aliphatic carbocycles. The van der Waals surface area contributed by atoms with Crippen molar-refractivity contribution in [2.75, 3.05) is 30.3 Å². The minimum Gasteiger partial charge on any atom is -1.00 e. The Labute approximate surface area is 154 Å². The number of amides is 2. The summed E-state index contributed by atoms with van der Waals surface area (Å²) in [4.78, 5) is 25.9. The summed E-state index contributed by atoms with van der Waals surface area (Å²) in [6.45, 7) is 6.27. The average molecular weight is 362 g/mol. The Balaban J connectivity index is 0.00000312. The first-order chi connectivity index (χ1) is 11.6. The van der Waals surface area contributed by atoms with Gasteiger partial charge in [-0.1, -0.05) is 30.3 Å². The van der Waals surface area contributed by atoms with Gasteiger partial charge >= 0.3 is 0 Å². The summed E-state index contributed by atoms with van der Waals surface area (Å²) in [5, 5.41) is 5.70. The standard InChI is InChI=1S/C19H23N3O2.ClH/c1-3-22(4-2)14-18(23)21-17-13-9-8-12-16(17)19(24)20-15-10-6-5-7-11-15;/h5-13H,3-4,14H2,1-2H3,(H,20,24)(H,21,23);1H. The average Bonchev–Trinajstić information content (AvgIpc) is 2.61. The van der Waals surface area contributed by atoms with Crippen LogP contribution in [0.25, 0.3) is 0 Å². The third-order valence-electron chi connectivity index (χ3n) is 3.89. The van der Waals surface area contributed by atoms with Crippen LogP contribution in [0.2, 0.25) is 0 Å². The molecule has 25 heavy (non-hydrogen) atoms. The maximum Gasteiger partial charge on any atom is 0.279 e. The van der Waals surface area contributed by atoms with Crippen LogP contribution in [-0.4, -0.2) is 31.4 Å². The van der Waals surface area contributed by atoms with Crippen LogP contribution in [0, 0.1) is 0 Å². The van der Waals surface area contributed by atoms with Crippen molar-refractivity contribution in [1.82, 2.24) is 0 Å². The van der Waals surface area contributed by atoms with Crippen LogP contribution in [0.15, 0.2) is 54.6 Å². The number of hydrogen-bond acceptors (Lipinski definition) is 2. The molecule has 2 aromatic rings. The lowest BCUT2D eigenvalue weighted by atomic mass is 10.1. The van der Waals surface area contributed by atoms with E-state index in [0.29, 0.717) is 17.8 Å². The Bertz CT molecular complexity index is 688. The van der Waals surface area contributed by atoms with Crippen molar-refractivity contribution in [3.63, 3.8) is 0 Å². The van der Waals surface area contributed by atoms with Crippen LogP contribution in [0.4, 0.5) is 11.4 Å². The summed E-state index contributed by atoms with van der Waals surface area (Å²) >= 11 is 0. The summed E-state index contributed by atoms with van der Waals surface area (Å²) in [7, 11) is 0. The predicted octanol–water partition coefficient (Wildman–Crippen LogP) is -1.19. The number of likely N-dealkylation sites (N-methyl/N-ethyl adjacent to an activating group) is 1. The Morgan fingerprint density at radius 1 is 0.880 bits per heavy atom. The second-order valence-electron chi connectivity index (χ2n) is 5.55. The molecular weight excluding hydrogens is 338 g/mol. The normalized spacial score (nSPS) is 10.0. The molecule has 0 aliphatic heterocycles. The highest BCUT2D eigenvalue weighted by atomic mass is 35.5. The van der Waals surface area contributed by atoms with E-state index in [1.165, 1.54) is 4.90 Å².